The molecule has 4 nitrogen and oxygen atoms in total. The van der Waals surface area contributed by atoms with E-state index < -0.39 is 0 Å². The highest BCUT2D eigenvalue weighted by Gasteiger charge is 2.34. The Hall–Kier alpha value is -1.89. The van der Waals surface area contributed by atoms with E-state index in [0.29, 0.717) is 32.2 Å². The van der Waals surface area contributed by atoms with E-state index in [0.717, 1.165) is 22.4 Å². The molecule has 1 aliphatic heterocycles. The van der Waals surface area contributed by atoms with Gasteiger partial charge < -0.3 is 9.47 Å². The van der Waals surface area contributed by atoms with Crippen LogP contribution in [-0.4, -0.2) is 31.5 Å². The third kappa shape index (κ3) is 4.89. The molecule has 1 atom stereocenters. The van der Waals surface area contributed by atoms with E-state index in [1.165, 1.54) is 12.1 Å². The molecular weight excluding hydrogens is 365 g/mol. The number of thioether (sulfide) groups is 1. The van der Waals surface area contributed by atoms with Gasteiger partial charge in [-0.1, -0.05) is 24.3 Å². The molecule has 0 aromatic heterocycles. The third-order valence-corrected chi connectivity index (χ3v) is 5.60. The predicted molar refractivity (Wildman–Crippen MR) is 106 cm³/mol. The van der Waals surface area contributed by atoms with Crippen LogP contribution in [0.5, 0.6) is 0 Å². The Morgan fingerprint density at radius 2 is 1.89 bits per heavy atom. The number of hydrogen-bond donors (Lipinski definition) is 0. The van der Waals surface area contributed by atoms with Crippen LogP contribution in [0.15, 0.2) is 42.5 Å². The van der Waals surface area contributed by atoms with E-state index in [9.17, 15) is 9.18 Å². The topological polar surface area (TPSA) is 38.8 Å². The summed E-state index contributed by atoms with van der Waals surface area (Å²) in [7, 11) is 0. The molecule has 0 aliphatic carbocycles. The van der Waals surface area contributed by atoms with E-state index in [2.05, 4.69) is 0 Å². The summed E-state index contributed by atoms with van der Waals surface area (Å²) < 4.78 is 24.1. The molecule has 2 aromatic rings. The lowest BCUT2D eigenvalue weighted by Gasteiger charge is -2.26. The highest BCUT2D eigenvalue weighted by Crippen LogP contribution is 2.42. The number of amides is 1. The number of anilines is 1. The lowest BCUT2D eigenvalue weighted by Crippen LogP contribution is -2.28. The maximum atomic E-state index is 13.2. The van der Waals surface area contributed by atoms with Gasteiger partial charge in [-0.15, -0.1) is 11.8 Å². The Morgan fingerprint density at radius 1 is 1.15 bits per heavy atom. The van der Waals surface area contributed by atoms with Gasteiger partial charge in [0.2, 0.25) is 5.91 Å². The molecule has 0 spiro atoms. The molecule has 1 heterocycles. The fourth-order valence-corrected chi connectivity index (χ4v) is 4.26. The molecule has 0 N–H and O–H groups in total. The van der Waals surface area contributed by atoms with E-state index in [-0.39, 0.29) is 17.1 Å². The lowest BCUT2D eigenvalue weighted by atomic mass is 10.1. The van der Waals surface area contributed by atoms with Crippen molar-refractivity contribution >= 4 is 23.4 Å². The zero-order chi connectivity index (χ0) is 19.2. The number of halogens is 1. The minimum absolute atomic E-state index is 0.0677. The van der Waals surface area contributed by atoms with Crippen molar-refractivity contribution in [3.05, 3.63) is 65.0 Å². The Kier molecular flexibility index (Phi) is 6.88. The van der Waals surface area contributed by atoms with Crippen molar-refractivity contribution in [1.82, 2.24) is 0 Å². The quantitative estimate of drug-likeness (QED) is 0.625. The van der Waals surface area contributed by atoms with E-state index in [1.54, 1.807) is 23.9 Å². The molecular formula is C21H24FNO3S. The summed E-state index contributed by atoms with van der Waals surface area (Å²) in [5.74, 6) is 0.215. The molecule has 144 valence electrons. The van der Waals surface area contributed by atoms with Gasteiger partial charge in [-0.2, -0.15) is 0 Å². The molecule has 27 heavy (non-hydrogen) atoms. The van der Waals surface area contributed by atoms with E-state index in [4.69, 9.17) is 9.47 Å². The first-order valence-electron chi connectivity index (χ1n) is 9.04. The van der Waals surface area contributed by atoms with Crippen molar-refractivity contribution in [2.24, 2.45) is 0 Å². The summed E-state index contributed by atoms with van der Waals surface area (Å²) in [6, 6.07) is 12.4. The number of rotatable bonds is 8. The second kappa shape index (κ2) is 9.35. The molecule has 2 aromatic carbocycles. The van der Waals surface area contributed by atoms with Crippen LogP contribution in [0, 0.1) is 12.7 Å². The summed E-state index contributed by atoms with van der Waals surface area (Å²) >= 11 is 1.56. The smallest absolute Gasteiger partial charge is 0.238 e. The second-order valence-corrected chi connectivity index (χ2v) is 7.42. The third-order valence-electron chi connectivity index (χ3n) is 4.39. The summed E-state index contributed by atoms with van der Waals surface area (Å²) in [6.45, 7) is 6.30. The van der Waals surface area contributed by atoms with Gasteiger partial charge in [-0.05, 0) is 48.7 Å². The van der Waals surface area contributed by atoms with Crippen LogP contribution in [0.2, 0.25) is 0 Å². The first-order chi connectivity index (χ1) is 13.1. The number of benzene rings is 2. The number of carbonyl (C=O) groups is 1. The maximum absolute atomic E-state index is 13.2. The molecule has 1 aliphatic rings. The van der Waals surface area contributed by atoms with Crippen molar-refractivity contribution in [2.45, 2.75) is 25.8 Å². The average molecular weight is 389 g/mol. The largest absolute Gasteiger partial charge is 0.379 e. The lowest BCUT2D eigenvalue weighted by molar-refractivity contribution is -0.115. The van der Waals surface area contributed by atoms with Crippen molar-refractivity contribution < 1.29 is 18.7 Å². The molecule has 6 heteroatoms. The van der Waals surface area contributed by atoms with Gasteiger partial charge in [0.05, 0.1) is 25.6 Å². The van der Waals surface area contributed by atoms with Gasteiger partial charge in [0.25, 0.3) is 0 Å². The maximum Gasteiger partial charge on any atom is 0.238 e. The van der Waals surface area contributed by atoms with Gasteiger partial charge in [0.1, 0.15) is 11.2 Å². The monoisotopic (exact) mass is 389 g/mol. The van der Waals surface area contributed by atoms with Crippen molar-refractivity contribution in [2.75, 3.05) is 30.5 Å². The van der Waals surface area contributed by atoms with Crippen LogP contribution < -0.4 is 4.90 Å². The summed E-state index contributed by atoms with van der Waals surface area (Å²) in [5, 5.41) is -0.134. The number of nitrogens with zero attached hydrogens (tertiary/aromatic N) is 1. The minimum Gasteiger partial charge on any atom is -0.379 e. The zero-order valence-electron chi connectivity index (χ0n) is 15.6. The predicted octanol–water partition coefficient (Wildman–Crippen LogP) is 4.47. The Labute approximate surface area is 163 Å². The molecule has 1 saturated heterocycles. The number of hydrogen-bond acceptors (Lipinski definition) is 4. The van der Waals surface area contributed by atoms with Crippen molar-refractivity contribution in [3.63, 3.8) is 0 Å². The fourth-order valence-electron chi connectivity index (χ4n) is 3.09. The Morgan fingerprint density at radius 3 is 2.59 bits per heavy atom. The van der Waals surface area contributed by atoms with Crippen LogP contribution in [0.4, 0.5) is 10.1 Å². The summed E-state index contributed by atoms with van der Waals surface area (Å²) in [6.07, 6.45) is 0. The fraction of sp³-hybridized carbons (Fsp3) is 0.381. The molecule has 1 unspecified atom stereocenters. The Bertz CT molecular complexity index is 781. The van der Waals surface area contributed by atoms with Gasteiger partial charge in [-0.3, -0.25) is 9.69 Å². The number of carbonyl (C=O) groups excluding carboxylic acids is 1. The number of aryl methyl sites for hydroxylation is 1. The minimum atomic E-state index is -0.274. The summed E-state index contributed by atoms with van der Waals surface area (Å²) in [5.41, 5.74) is 3.89. The highest BCUT2D eigenvalue weighted by atomic mass is 32.2. The standard InChI is InChI=1S/C21H24FNO3S/c1-3-25-10-11-26-13-16-4-9-19(15(2)12-16)23-20(24)14-27-21(23)17-5-7-18(22)8-6-17/h4-9,12,21H,3,10-11,13-14H2,1-2H3. The molecule has 1 fully saturated rings. The molecule has 1 amide bonds. The van der Waals surface area contributed by atoms with E-state index in [1.807, 2.05) is 36.9 Å². The number of ether oxygens (including phenoxy) is 2. The SMILES string of the molecule is CCOCCOCc1ccc(N2C(=O)CSC2c2ccc(F)cc2)c(C)c1. The van der Waals surface area contributed by atoms with Crippen molar-refractivity contribution in [3.8, 4) is 0 Å². The van der Waals surface area contributed by atoms with Crippen LogP contribution >= 0.6 is 11.8 Å². The average Bonchev–Trinajstić information content (AvgIpc) is 3.04. The van der Waals surface area contributed by atoms with Gasteiger partial charge in [0.15, 0.2) is 0 Å². The van der Waals surface area contributed by atoms with Crippen LogP contribution in [0.1, 0.15) is 29.0 Å². The molecule has 0 radical (unpaired) electrons. The molecule has 3 rings (SSSR count). The van der Waals surface area contributed by atoms with Gasteiger partial charge in [0, 0.05) is 12.3 Å². The first kappa shape index (κ1) is 19.9. The van der Waals surface area contributed by atoms with Crippen LogP contribution in [0.25, 0.3) is 0 Å². The van der Waals surface area contributed by atoms with Gasteiger partial charge in [-0.25, -0.2) is 4.39 Å². The highest BCUT2D eigenvalue weighted by molar-refractivity contribution is 8.00. The second-order valence-electron chi connectivity index (χ2n) is 6.35. The van der Waals surface area contributed by atoms with Crippen LogP contribution in [-0.2, 0) is 20.9 Å². The first-order valence-corrected chi connectivity index (χ1v) is 10.1. The van der Waals surface area contributed by atoms with Crippen LogP contribution in [0.3, 0.4) is 0 Å². The van der Waals surface area contributed by atoms with Gasteiger partial charge >= 0.3 is 0 Å². The van der Waals surface area contributed by atoms with Crippen molar-refractivity contribution in [1.29, 1.82) is 0 Å². The zero-order valence-corrected chi connectivity index (χ0v) is 16.4. The summed E-state index contributed by atoms with van der Waals surface area (Å²) in [4.78, 5) is 14.3. The molecule has 0 bridgehead atoms. The normalized spacial score (nSPS) is 16.9. The van der Waals surface area contributed by atoms with E-state index >= 15 is 0 Å². The Balaban J connectivity index is 1.73. The molecule has 0 saturated carbocycles.